The first-order chi connectivity index (χ1) is 23.6. The number of phenolic OH excluding ortho intramolecular Hbond substituents is 6. The second kappa shape index (κ2) is 11.1. The van der Waals surface area contributed by atoms with Crippen molar-refractivity contribution < 1.29 is 40.9 Å². The van der Waals surface area contributed by atoms with Crippen LogP contribution in [0, 0.1) is 0 Å². The van der Waals surface area contributed by atoms with Crippen molar-refractivity contribution in [1.82, 2.24) is 0 Å². The van der Waals surface area contributed by atoms with Crippen LogP contribution < -0.4 is 10.9 Å². The van der Waals surface area contributed by atoms with Gasteiger partial charge >= 0.3 is 0 Å². The molecule has 2 unspecified atom stereocenters. The van der Waals surface area contributed by atoms with Crippen molar-refractivity contribution in [3.05, 3.63) is 49.5 Å². The molecular weight excluding hydrogens is 912 g/mol. The molecule has 0 saturated heterocycles. The van der Waals surface area contributed by atoms with Crippen LogP contribution in [0.1, 0.15) is 37.8 Å². The molecule has 0 amide bonds. The number of fused-ring (bicyclic) bond motifs is 2. The molecular formula is C36H24Br4O10. The van der Waals surface area contributed by atoms with Crippen LogP contribution in [-0.2, 0) is 12.8 Å². The van der Waals surface area contributed by atoms with E-state index in [2.05, 4.69) is 63.7 Å². The van der Waals surface area contributed by atoms with Gasteiger partial charge in [0.05, 0.1) is 42.7 Å². The van der Waals surface area contributed by atoms with Gasteiger partial charge in [0.25, 0.3) is 0 Å². The average molecular weight is 936 g/mol. The van der Waals surface area contributed by atoms with Crippen LogP contribution >= 0.6 is 63.7 Å². The molecule has 0 radical (unpaired) electrons. The highest BCUT2D eigenvalue weighted by Crippen LogP contribution is 2.61. The molecule has 0 aliphatic heterocycles. The van der Waals surface area contributed by atoms with Gasteiger partial charge in [-0.15, -0.1) is 0 Å². The van der Waals surface area contributed by atoms with E-state index in [-0.39, 0.29) is 95.4 Å². The molecule has 10 nitrogen and oxygen atoms in total. The zero-order valence-electron chi connectivity index (χ0n) is 25.9. The molecule has 256 valence electrons. The van der Waals surface area contributed by atoms with E-state index in [1.165, 1.54) is 0 Å². The van der Waals surface area contributed by atoms with Crippen molar-refractivity contribution >= 4 is 139 Å². The molecule has 8 N–H and O–H groups in total. The van der Waals surface area contributed by atoms with E-state index in [0.717, 1.165) is 0 Å². The highest BCUT2D eigenvalue weighted by Gasteiger charge is 2.37. The topological polar surface area (TPSA) is 196 Å². The van der Waals surface area contributed by atoms with Gasteiger partial charge in [0, 0.05) is 49.5 Å². The number of aliphatic hydroxyl groups excluding tert-OH is 2. The lowest BCUT2D eigenvalue weighted by molar-refractivity contribution is 0.164. The van der Waals surface area contributed by atoms with Crippen LogP contribution in [0.4, 0.5) is 0 Å². The summed E-state index contributed by atoms with van der Waals surface area (Å²) in [5.74, 6) is -3.39. The number of halogens is 4. The first kappa shape index (κ1) is 33.7. The maximum Gasteiger partial charge on any atom is 0.201 e. The summed E-state index contributed by atoms with van der Waals surface area (Å²) in [4.78, 5) is 29.4. The van der Waals surface area contributed by atoms with Gasteiger partial charge in [-0.25, -0.2) is 0 Å². The third-order valence-corrected chi connectivity index (χ3v) is 13.2. The third-order valence-electron chi connectivity index (χ3n) is 10.0. The fourth-order valence-electron chi connectivity index (χ4n) is 8.17. The minimum absolute atomic E-state index is 0.00416. The van der Waals surface area contributed by atoms with Gasteiger partial charge in [-0.05, 0) is 105 Å². The molecule has 2 atom stereocenters. The van der Waals surface area contributed by atoms with E-state index in [1.807, 2.05) is 6.92 Å². The summed E-state index contributed by atoms with van der Waals surface area (Å²) in [5, 5.41) is 91.9. The molecule has 8 aromatic rings. The van der Waals surface area contributed by atoms with Crippen molar-refractivity contribution in [3.63, 3.8) is 0 Å². The van der Waals surface area contributed by atoms with Gasteiger partial charge < -0.3 is 40.9 Å². The van der Waals surface area contributed by atoms with Crippen molar-refractivity contribution in [1.29, 1.82) is 0 Å². The molecule has 8 rings (SSSR count). The molecule has 0 fully saturated rings. The van der Waals surface area contributed by atoms with Gasteiger partial charge in [0.1, 0.15) is 43.4 Å². The zero-order valence-corrected chi connectivity index (χ0v) is 32.2. The maximum atomic E-state index is 14.7. The number of benzene rings is 8. The SMILES string of the molecule is CCCC(O)Cc1c(Br)c(O)c2c(=O)c3c(O)c(Br)c(O)c4c5c(O)c(Br)c(O)c6c(=O)c7c(O)c(Br)c(CC(C)O)c8c1c2c(c34)c(c65)c78. The summed E-state index contributed by atoms with van der Waals surface area (Å²) in [6, 6.07) is 0. The fourth-order valence-corrected chi connectivity index (χ4v) is 10.1. The van der Waals surface area contributed by atoms with Crippen LogP contribution in [0.2, 0.25) is 0 Å². The molecule has 50 heavy (non-hydrogen) atoms. The quantitative estimate of drug-likeness (QED) is 0.0596. The Morgan fingerprint density at radius 3 is 1.12 bits per heavy atom. The molecule has 0 spiro atoms. The van der Waals surface area contributed by atoms with E-state index in [0.29, 0.717) is 34.7 Å². The Morgan fingerprint density at radius 2 is 0.760 bits per heavy atom. The largest absolute Gasteiger partial charge is 0.506 e. The van der Waals surface area contributed by atoms with Gasteiger partial charge in [0.2, 0.25) is 10.9 Å². The normalized spacial score (nSPS) is 14.0. The number of phenols is 6. The Balaban J connectivity index is 1.93. The Hall–Kier alpha value is -3.40. The van der Waals surface area contributed by atoms with E-state index in [1.54, 1.807) is 6.92 Å². The summed E-state index contributed by atoms with van der Waals surface area (Å²) >= 11 is 13.3. The number of aromatic hydroxyl groups is 6. The molecule has 0 aromatic heterocycles. The Kier molecular flexibility index (Phi) is 7.45. The van der Waals surface area contributed by atoms with Crippen molar-refractivity contribution in [2.75, 3.05) is 0 Å². The number of hydrogen-bond acceptors (Lipinski definition) is 10. The molecule has 0 heterocycles. The van der Waals surface area contributed by atoms with Crippen molar-refractivity contribution in [2.45, 2.75) is 51.7 Å². The zero-order chi connectivity index (χ0) is 36.1. The van der Waals surface area contributed by atoms with E-state index >= 15 is 0 Å². The number of hydrogen-bond donors (Lipinski definition) is 8. The predicted molar refractivity (Wildman–Crippen MR) is 207 cm³/mol. The molecule has 0 aliphatic rings. The Bertz CT molecular complexity index is 2930. The van der Waals surface area contributed by atoms with Gasteiger partial charge in [-0.2, -0.15) is 0 Å². The van der Waals surface area contributed by atoms with Gasteiger partial charge in [-0.3, -0.25) is 9.59 Å². The monoisotopic (exact) mass is 932 g/mol. The fraction of sp³-hybridized carbons (Fsp3) is 0.222. The van der Waals surface area contributed by atoms with E-state index in [4.69, 9.17) is 0 Å². The minimum Gasteiger partial charge on any atom is -0.506 e. The summed E-state index contributed by atoms with van der Waals surface area (Å²) < 4.78 is -0.426. The van der Waals surface area contributed by atoms with E-state index in [9.17, 15) is 50.4 Å². The summed E-state index contributed by atoms with van der Waals surface area (Å²) in [6.45, 7) is 3.44. The average Bonchev–Trinajstić information content (AvgIpc) is 3.06. The Morgan fingerprint density at radius 1 is 0.460 bits per heavy atom. The second-order valence-corrected chi connectivity index (χ2v) is 16.1. The molecule has 0 aliphatic carbocycles. The summed E-state index contributed by atoms with van der Waals surface area (Å²) in [7, 11) is 0. The van der Waals surface area contributed by atoms with Crippen LogP contribution in [0.3, 0.4) is 0 Å². The lowest BCUT2D eigenvalue weighted by Gasteiger charge is -2.28. The van der Waals surface area contributed by atoms with Crippen LogP contribution in [-0.4, -0.2) is 53.1 Å². The lowest BCUT2D eigenvalue weighted by Crippen LogP contribution is -2.15. The second-order valence-electron chi connectivity index (χ2n) is 12.9. The van der Waals surface area contributed by atoms with Crippen molar-refractivity contribution in [3.8, 4) is 34.5 Å². The van der Waals surface area contributed by atoms with Gasteiger partial charge in [-0.1, -0.05) is 13.3 Å². The van der Waals surface area contributed by atoms with E-state index < -0.39 is 57.6 Å². The summed E-state index contributed by atoms with van der Waals surface area (Å²) in [6.07, 6.45) is -0.941. The first-order valence-corrected chi connectivity index (χ1v) is 18.7. The maximum absolute atomic E-state index is 14.7. The molecule has 14 heteroatoms. The lowest BCUT2D eigenvalue weighted by atomic mass is 9.77. The Labute approximate surface area is 313 Å². The standard InChI is InChI=1S/C36H24Br4O10/c1-3-4-8(42)6-10-12-11-9(5-7(2)41)25(37)33(47)21-13(11)15-16-14(12)22(34(48)26(10)38)30(44)24-18(16)20(32(46)28(40)36(24)50)19-17(15)23(29(21)43)35(49)27(39)31(19)45/h7-8,41-42,45-50H,3-6H2,1-2H3. The highest BCUT2D eigenvalue weighted by atomic mass is 79.9. The summed E-state index contributed by atoms with van der Waals surface area (Å²) in [5.41, 5.74) is -0.911. The van der Waals surface area contributed by atoms with Gasteiger partial charge in [0.15, 0.2) is 0 Å². The molecule has 0 saturated carbocycles. The third kappa shape index (κ3) is 3.89. The molecule has 0 bridgehead atoms. The van der Waals surface area contributed by atoms with Crippen molar-refractivity contribution in [2.24, 2.45) is 0 Å². The molecule has 8 aromatic carbocycles. The van der Waals surface area contributed by atoms with Crippen LogP contribution in [0.5, 0.6) is 34.5 Å². The predicted octanol–water partition coefficient (Wildman–Crippen LogP) is 8.14. The number of rotatable bonds is 6. The number of aliphatic hydroxyl groups is 2. The smallest absolute Gasteiger partial charge is 0.201 e. The van der Waals surface area contributed by atoms with Crippen LogP contribution in [0.25, 0.3) is 75.4 Å². The highest BCUT2D eigenvalue weighted by molar-refractivity contribution is 9.11. The minimum atomic E-state index is -0.973. The van der Waals surface area contributed by atoms with Crippen LogP contribution in [0.15, 0.2) is 27.5 Å². The first-order valence-electron chi connectivity index (χ1n) is 15.5.